The maximum absolute atomic E-state index is 11.8. The Hall–Kier alpha value is -3.10. The second-order valence-electron chi connectivity index (χ2n) is 10.5. The van der Waals surface area contributed by atoms with E-state index in [0.717, 1.165) is 43.4 Å². The van der Waals surface area contributed by atoms with Crippen LogP contribution in [0.3, 0.4) is 0 Å². The van der Waals surface area contributed by atoms with Gasteiger partial charge >= 0.3 is 5.97 Å². The SMILES string of the molecule is COc1cc(CN(CC2CCC(C(=O)O)CC2)[C@@H](C)c2ccc(Cl)cc2)ccc1OCCN1C(=O)CCC1=O. The number of carbonyl (C=O) groups excluding carboxylic acids is 2. The average Bonchev–Trinajstić information content (AvgIpc) is 3.26. The summed E-state index contributed by atoms with van der Waals surface area (Å²) in [5.74, 6) is 0.345. The number of amides is 2. The summed E-state index contributed by atoms with van der Waals surface area (Å²) in [6.45, 7) is 4.14. The third-order valence-corrected chi connectivity index (χ3v) is 8.18. The molecule has 8 nitrogen and oxygen atoms in total. The van der Waals surface area contributed by atoms with E-state index in [1.54, 1.807) is 7.11 Å². The number of methoxy groups -OCH3 is 1. The zero-order chi connectivity index (χ0) is 27.9. The molecule has 210 valence electrons. The van der Waals surface area contributed by atoms with Gasteiger partial charge in [0, 0.05) is 37.0 Å². The molecule has 1 aliphatic carbocycles. The highest BCUT2D eigenvalue weighted by Crippen LogP contribution is 2.34. The van der Waals surface area contributed by atoms with Gasteiger partial charge in [-0.05, 0) is 73.9 Å². The van der Waals surface area contributed by atoms with Crippen LogP contribution in [-0.4, -0.2) is 59.5 Å². The van der Waals surface area contributed by atoms with E-state index >= 15 is 0 Å². The van der Waals surface area contributed by atoms with E-state index in [4.69, 9.17) is 21.1 Å². The molecule has 1 heterocycles. The molecule has 2 aromatic carbocycles. The van der Waals surface area contributed by atoms with Crippen LogP contribution in [0.2, 0.25) is 5.02 Å². The first-order valence-electron chi connectivity index (χ1n) is 13.6. The number of hydrogen-bond donors (Lipinski definition) is 1. The summed E-state index contributed by atoms with van der Waals surface area (Å²) in [7, 11) is 1.59. The number of rotatable bonds is 12. The predicted molar refractivity (Wildman–Crippen MR) is 148 cm³/mol. The zero-order valence-corrected chi connectivity index (χ0v) is 23.4. The molecular weight excluding hydrogens is 520 g/mol. The van der Waals surface area contributed by atoms with Crippen molar-refractivity contribution in [3.63, 3.8) is 0 Å². The Morgan fingerprint density at radius 2 is 1.72 bits per heavy atom. The molecular formula is C30H37ClN2O6. The first kappa shape index (κ1) is 28.9. The lowest BCUT2D eigenvalue weighted by Gasteiger charge is -2.35. The van der Waals surface area contributed by atoms with Crippen molar-refractivity contribution in [3.8, 4) is 11.5 Å². The topological polar surface area (TPSA) is 96.4 Å². The molecule has 1 aliphatic heterocycles. The highest BCUT2D eigenvalue weighted by atomic mass is 35.5. The second kappa shape index (κ2) is 13.3. The Balaban J connectivity index is 1.45. The van der Waals surface area contributed by atoms with Crippen molar-refractivity contribution < 1.29 is 29.0 Å². The number of imide groups is 1. The number of ether oxygens (including phenoxy) is 2. The van der Waals surface area contributed by atoms with Gasteiger partial charge in [0.1, 0.15) is 6.61 Å². The van der Waals surface area contributed by atoms with Crippen LogP contribution in [0.15, 0.2) is 42.5 Å². The van der Waals surface area contributed by atoms with Crippen molar-refractivity contribution in [2.75, 3.05) is 26.8 Å². The fraction of sp³-hybridized carbons (Fsp3) is 0.500. The Morgan fingerprint density at radius 1 is 1.05 bits per heavy atom. The number of carboxylic acids is 1. The third-order valence-electron chi connectivity index (χ3n) is 7.93. The Kier molecular flexibility index (Phi) is 9.86. The minimum absolute atomic E-state index is 0.122. The first-order chi connectivity index (χ1) is 18.7. The van der Waals surface area contributed by atoms with Crippen LogP contribution >= 0.6 is 11.6 Å². The molecule has 1 saturated heterocycles. The van der Waals surface area contributed by atoms with Crippen molar-refractivity contribution in [1.82, 2.24) is 9.80 Å². The van der Waals surface area contributed by atoms with E-state index in [0.29, 0.717) is 29.0 Å². The smallest absolute Gasteiger partial charge is 0.306 e. The summed E-state index contributed by atoms with van der Waals surface area (Å²) in [4.78, 5) is 38.8. The molecule has 1 N–H and O–H groups in total. The van der Waals surface area contributed by atoms with Gasteiger partial charge in [0.15, 0.2) is 11.5 Å². The zero-order valence-electron chi connectivity index (χ0n) is 22.6. The number of nitrogens with zero attached hydrogens (tertiary/aromatic N) is 2. The number of halogens is 1. The molecule has 0 aromatic heterocycles. The van der Waals surface area contributed by atoms with Gasteiger partial charge < -0.3 is 14.6 Å². The van der Waals surface area contributed by atoms with Crippen molar-refractivity contribution >= 4 is 29.4 Å². The second-order valence-corrected chi connectivity index (χ2v) is 10.9. The Bertz CT molecular complexity index is 1150. The molecule has 39 heavy (non-hydrogen) atoms. The maximum atomic E-state index is 11.8. The molecule has 0 spiro atoms. The average molecular weight is 557 g/mol. The van der Waals surface area contributed by atoms with Gasteiger partial charge in [-0.1, -0.05) is 29.8 Å². The van der Waals surface area contributed by atoms with Crippen LogP contribution in [0.1, 0.15) is 62.6 Å². The number of benzene rings is 2. The van der Waals surface area contributed by atoms with Crippen LogP contribution in [-0.2, 0) is 20.9 Å². The van der Waals surface area contributed by atoms with Crippen molar-refractivity contribution in [2.24, 2.45) is 11.8 Å². The quantitative estimate of drug-likeness (QED) is 0.353. The van der Waals surface area contributed by atoms with Crippen molar-refractivity contribution in [1.29, 1.82) is 0 Å². The van der Waals surface area contributed by atoms with E-state index in [2.05, 4.69) is 24.0 Å². The fourth-order valence-electron chi connectivity index (χ4n) is 5.52. The fourth-order valence-corrected chi connectivity index (χ4v) is 5.64. The molecule has 1 atom stereocenters. The van der Waals surface area contributed by atoms with Crippen LogP contribution in [0.4, 0.5) is 0 Å². The van der Waals surface area contributed by atoms with E-state index in [1.807, 2.05) is 30.3 Å². The minimum atomic E-state index is -0.687. The lowest BCUT2D eigenvalue weighted by Crippen LogP contribution is -2.34. The van der Waals surface area contributed by atoms with E-state index in [9.17, 15) is 19.5 Å². The molecule has 2 aromatic rings. The molecule has 4 rings (SSSR count). The van der Waals surface area contributed by atoms with Gasteiger partial charge in [-0.25, -0.2) is 0 Å². The normalized spacial score (nSPS) is 20.4. The molecule has 2 amide bonds. The van der Waals surface area contributed by atoms with Crippen LogP contribution in [0.5, 0.6) is 11.5 Å². The largest absolute Gasteiger partial charge is 0.493 e. The maximum Gasteiger partial charge on any atom is 0.306 e. The predicted octanol–water partition coefficient (Wildman–Crippen LogP) is 5.33. The van der Waals surface area contributed by atoms with Crippen molar-refractivity contribution in [2.45, 2.75) is 58.0 Å². The third kappa shape index (κ3) is 7.51. The van der Waals surface area contributed by atoms with Gasteiger partial charge in [-0.2, -0.15) is 0 Å². The summed E-state index contributed by atoms with van der Waals surface area (Å²) in [6.07, 6.45) is 3.78. The van der Waals surface area contributed by atoms with Gasteiger partial charge in [-0.3, -0.25) is 24.2 Å². The molecule has 9 heteroatoms. The van der Waals surface area contributed by atoms with Crippen LogP contribution in [0, 0.1) is 11.8 Å². The summed E-state index contributed by atoms with van der Waals surface area (Å²) in [5, 5.41) is 10.1. The summed E-state index contributed by atoms with van der Waals surface area (Å²) < 4.78 is 11.5. The van der Waals surface area contributed by atoms with E-state index in [-0.39, 0.29) is 49.8 Å². The number of carboxylic acid groups (broad SMARTS) is 1. The summed E-state index contributed by atoms with van der Waals surface area (Å²) in [6, 6.07) is 13.9. The van der Waals surface area contributed by atoms with Crippen LogP contribution < -0.4 is 9.47 Å². The van der Waals surface area contributed by atoms with Gasteiger partial charge in [0.25, 0.3) is 0 Å². The van der Waals surface area contributed by atoms with Crippen LogP contribution in [0.25, 0.3) is 0 Å². The van der Waals surface area contributed by atoms with E-state index < -0.39 is 5.97 Å². The molecule has 2 aliphatic rings. The van der Waals surface area contributed by atoms with Gasteiger partial charge in [-0.15, -0.1) is 0 Å². The monoisotopic (exact) mass is 556 g/mol. The Morgan fingerprint density at radius 3 is 2.33 bits per heavy atom. The molecule has 1 saturated carbocycles. The lowest BCUT2D eigenvalue weighted by atomic mass is 9.81. The number of aliphatic carboxylic acids is 1. The molecule has 2 fully saturated rings. The molecule has 0 radical (unpaired) electrons. The summed E-state index contributed by atoms with van der Waals surface area (Å²) in [5.41, 5.74) is 2.22. The number of carbonyl (C=O) groups is 3. The number of hydrogen-bond acceptors (Lipinski definition) is 6. The first-order valence-corrected chi connectivity index (χ1v) is 14.0. The van der Waals surface area contributed by atoms with E-state index in [1.165, 1.54) is 4.90 Å². The van der Waals surface area contributed by atoms with Gasteiger partial charge in [0.05, 0.1) is 19.6 Å². The Labute approximate surface area is 234 Å². The van der Waals surface area contributed by atoms with Crippen molar-refractivity contribution in [3.05, 3.63) is 58.6 Å². The highest BCUT2D eigenvalue weighted by molar-refractivity contribution is 6.30. The molecule has 0 unspecified atom stereocenters. The highest BCUT2D eigenvalue weighted by Gasteiger charge is 2.30. The summed E-state index contributed by atoms with van der Waals surface area (Å²) >= 11 is 6.13. The minimum Gasteiger partial charge on any atom is -0.493 e. The number of likely N-dealkylation sites (tertiary alicyclic amines) is 1. The molecule has 0 bridgehead atoms. The van der Waals surface area contributed by atoms with Gasteiger partial charge in [0.2, 0.25) is 11.8 Å². The lowest BCUT2D eigenvalue weighted by molar-refractivity contribution is -0.143. The standard InChI is InChI=1S/C30H37ClN2O6/c1-20(23-8-10-25(31)11-9-23)32(18-21-3-6-24(7-4-21)30(36)37)19-22-5-12-26(27(17-22)38-2)39-16-15-33-28(34)13-14-29(33)35/h5,8-12,17,20-21,24H,3-4,6-7,13-16,18-19H2,1-2H3,(H,36,37)/t20-,21?,24?/m0/s1.